The predicted molar refractivity (Wildman–Crippen MR) is 164 cm³/mol. The van der Waals surface area contributed by atoms with Crippen LogP contribution in [-0.4, -0.2) is 70.2 Å². The van der Waals surface area contributed by atoms with Crippen LogP contribution < -0.4 is 15.4 Å². The lowest BCUT2D eigenvalue weighted by Gasteiger charge is -2.35. The maximum absolute atomic E-state index is 14.3. The van der Waals surface area contributed by atoms with Crippen molar-refractivity contribution in [2.75, 3.05) is 13.7 Å². The Morgan fingerprint density at radius 2 is 1.86 bits per heavy atom. The highest BCUT2D eigenvalue weighted by Gasteiger charge is 2.53. The molecule has 3 atom stereocenters. The van der Waals surface area contributed by atoms with E-state index in [0.29, 0.717) is 5.75 Å². The van der Waals surface area contributed by atoms with Gasteiger partial charge in [0.25, 0.3) is 5.91 Å². The van der Waals surface area contributed by atoms with Crippen molar-refractivity contribution in [2.24, 2.45) is 5.41 Å². The topological polar surface area (TPSA) is 121 Å². The van der Waals surface area contributed by atoms with Crippen molar-refractivity contribution in [2.45, 2.75) is 105 Å². The molecular formula is C31H47FN4O5S. The number of nitrogens with zero attached hydrogens (tertiary/aromatic N) is 2. The van der Waals surface area contributed by atoms with Crippen LogP contribution >= 0.6 is 11.3 Å². The van der Waals surface area contributed by atoms with E-state index in [0.717, 1.165) is 21.7 Å². The second kappa shape index (κ2) is 14.9. The van der Waals surface area contributed by atoms with Gasteiger partial charge in [-0.2, -0.15) is 0 Å². The Morgan fingerprint density at radius 1 is 1.21 bits per heavy atom. The van der Waals surface area contributed by atoms with E-state index in [1.54, 1.807) is 33.4 Å². The quantitative estimate of drug-likeness (QED) is 0.398. The van der Waals surface area contributed by atoms with E-state index >= 15 is 0 Å². The summed E-state index contributed by atoms with van der Waals surface area (Å²) in [6, 6.07) is 3.73. The first-order chi connectivity index (χ1) is 19.8. The first-order valence-electron chi connectivity index (χ1n) is 14.7. The number of hydrogen-bond donors (Lipinski definition) is 3. The van der Waals surface area contributed by atoms with Crippen molar-refractivity contribution in [3.8, 4) is 16.2 Å². The summed E-state index contributed by atoms with van der Waals surface area (Å²) in [5.74, 6) is -1.16. The summed E-state index contributed by atoms with van der Waals surface area (Å²) < 4.78 is 19.9. The van der Waals surface area contributed by atoms with Gasteiger partial charge >= 0.3 is 0 Å². The molecule has 1 aliphatic carbocycles. The number of β-amino-alcohol motifs (C(OH)–C–C–N with tert-alkyl or cyclic N) is 1. The van der Waals surface area contributed by atoms with Gasteiger partial charge < -0.3 is 25.4 Å². The number of aliphatic hydroxyl groups excluding tert-OH is 1. The van der Waals surface area contributed by atoms with Crippen molar-refractivity contribution < 1.29 is 28.6 Å². The van der Waals surface area contributed by atoms with E-state index < -0.39 is 47.0 Å². The second-order valence-electron chi connectivity index (χ2n) is 11.1. The average Bonchev–Trinajstić information content (AvgIpc) is 3.38. The summed E-state index contributed by atoms with van der Waals surface area (Å²) in [5, 5.41) is 15.8. The first kappa shape index (κ1) is 35.1. The van der Waals surface area contributed by atoms with Gasteiger partial charge in [0.15, 0.2) is 5.67 Å². The number of nitrogens with one attached hydrogen (secondary N) is 2. The van der Waals surface area contributed by atoms with E-state index in [-0.39, 0.29) is 32.4 Å². The van der Waals surface area contributed by atoms with E-state index in [4.69, 9.17) is 4.74 Å². The number of rotatable bonds is 8. The van der Waals surface area contributed by atoms with E-state index in [9.17, 15) is 23.9 Å². The molecule has 1 saturated carbocycles. The summed E-state index contributed by atoms with van der Waals surface area (Å²) >= 11 is 1.53. The van der Waals surface area contributed by atoms with Crippen LogP contribution in [0.1, 0.15) is 79.0 Å². The van der Waals surface area contributed by atoms with Crippen LogP contribution in [-0.2, 0) is 20.9 Å². The number of ether oxygens (including phenoxy) is 1. The van der Waals surface area contributed by atoms with Gasteiger partial charge in [-0.15, -0.1) is 11.3 Å². The number of amides is 3. The molecule has 2 aliphatic rings. The standard InChI is InChI=1S/C27H35FN4O5S.2C2H6/c1-15-21(38-14-30-15)16-6-7-17(20(10-16)37-5)12-29-23(34)19-11-18(33)13-32(19)24(35)22(26(2,3)4)31-25(36)27(28)8-9-27;2*1-2/h6-7,10,14,18-19,22,33H,8-9,11-13H2,1-5H3,(H,29,34)(H,31,36);2*1-2H3. The molecule has 2 aromatic rings. The molecule has 42 heavy (non-hydrogen) atoms. The molecule has 2 heterocycles. The molecule has 234 valence electrons. The molecule has 1 aromatic heterocycles. The lowest BCUT2D eigenvalue weighted by atomic mass is 9.85. The van der Waals surface area contributed by atoms with E-state index in [2.05, 4.69) is 15.6 Å². The van der Waals surface area contributed by atoms with Crippen LogP contribution in [0.25, 0.3) is 10.4 Å². The van der Waals surface area contributed by atoms with Crippen LogP contribution in [0.4, 0.5) is 4.39 Å². The van der Waals surface area contributed by atoms with Crippen molar-refractivity contribution >= 4 is 29.1 Å². The monoisotopic (exact) mass is 606 g/mol. The Kier molecular flexibility index (Phi) is 12.5. The number of aliphatic hydroxyl groups is 1. The number of carbonyl (C=O) groups is 3. The molecule has 0 spiro atoms. The maximum atomic E-state index is 14.3. The van der Waals surface area contributed by atoms with Gasteiger partial charge in [0.1, 0.15) is 17.8 Å². The van der Waals surface area contributed by atoms with Gasteiger partial charge in [-0.25, -0.2) is 9.37 Å². The summed E-state index contributed by atoms with van der Waals surface area (Å²) in [6.45, 7) is 15.3. The average molecular weight is 607 g/mol. The zero-order valence-electron chi connectivity index (χ0n) is 26.3. The number of thiazole rings is 1. The van der Waals surface area contributed by atoms with Gasteiger partial charge in [0.2, 0.25) is 11.8 Å². The second-order valence-corrected chi connectivity index (χ2v) is 12.0. The van der Waals surface area contributed by atoms with Gasteiger partial charge in [-0.05, 0) is 36.8 Å². The Morgan fingerprint density at radius 3 is 2.38 bits per heavy atom. The van der Waals surface area contributed by atoms with Crippen LogP contribution in [0.15, 0.2) is 23.7 Å². The number of hydrogen-bond acceptors (Lipinski definition) is 7. The molecule has 1 aliphatic heterocycles. The zero-order chi connectivity index (χ0) is 31.8. The molecule has 1 saturated heterocycles. The minimum Gasteiger partial charge on any atom is -0.496 e. The molecule has 0 radical (unpaired) electrons. The summed E-state index contributed by atoms with van der Waals surface area (Å²) in [5.41, 5.74) is 1.75. The molecule has 2 fully saturated rings. The van der Waals surface area contributed by atoms with Crippen LogP contribution in [0.2, 0.25) is 0 Å². The van der Waals surface area contributed by atoms with Gasteiger partial charge in [-0.1, -0.05) is 60.6 Å². The minimum absolute atomic E-state index is 0.0492. The van der Waals surface area contributed by atoms with Crippen molar-refractivity contribution in [3.63, 3.8) is 0 Å². The number of likely N-dealkylation sites (tertiary alicyclic amines) is 1. The highest BCUT2D eigenvalue weighted by molar-refractivity contribution is 7.13. The largest absolute Gasteiger partial charge is 0.496 e. The molecule has 3 N–H and O–H groups in total. The highest BCUT2D eigenvalue weighted by atomic mass is 32.1. The number of halogens is 1. The Balaban J connectivity index is 0.00000148. The number of carbonyl (C=O) groups excluding carboxylic acids is 3. The maximum Gasteiger partial charge on any atom is 0.258 e. The van der Waals surface area contributed by atoms with E-state index in [1.807, 2.05) is 52.8 Å². The van der Waals surface area contributed by atoms with Gasteiger partial charge in [-0.3, -0.25) is 14.4 Å². The van der Waals surface area contributed by atoms with Gasteiger partial charge in [0.05, 0.1) is 29.3 Å². The predicted octanol–water partition coefficient (Wildman–Crippen LogP) is 4.79. The Bertz CT molecular complexity index is 1220. The normalized spacial score (nSPS) is 19.4. The Hall–Kier alpha value is -3.05. The fraction of sp³-hybridized carbons (Fsp3) is 0.613. The number of alkyl halides is 1. The Labute approximate surface area is 253 Å². The van der Waals surface area contributed by atoms with Crippen molar-refractivity contribution in [1.82, 2.24) is 20.5 Å². The van der Waals surface area contributed by atoms with E-state index in [1.165, 1.54) is 16.2 Å². The molecule has 1 aromatic carbocycles. The smallest absolute Gasteiger partial charge is 0.258 e. The SMILES string of the molecule is CC.CC.COc1cc(-c2scnc2C)ccc1CNC(=O)C1CC(O)CN1C(=O)C(NC(=O)C1(F)CC1)C(C)(C)C. The lowest BCUT2D eigenvalue weighted by Crippen LogP contribution is -2.59. The molecule has 9 nitrogen and oxygen atoms in total. The molecule has 3 unspecified atom stereocenters. The number of benzene rings is 1. The van der Waals surface area contributed by atoms with Crippen LogP contribution in [0, 0.1) is 12.3 Å². The molecule has 11 heteroatoms. The number of methoxy groups -OCH3 is 1. The lowest BCUT2D eigenvalue weighted by molar-refractivity contribution is -0.145. The molecule has 4 rings (SSSR count). The minimum atomic E-state index is -1.93. The number of aryl methyl sites for hydroxylation is 1. The number of aromatic nitrogens is 1. The fourth-order valence-electron chi connectivity index (χ4n) is 4.63. The highest BCUT2D eigenvalue weighted by Crippen LogP contribution is 2.40. The third kappa shape index (κ3) is 8.28. The van der Waals surface area contributed by atoms with Crippen LogP contribution in [0.5, 0.6) is 5.75 Å². The third-order valence-corrected chi connectivity index (χ3v) is 8.07. The zero-order valence-corrected chi connectivity index (χ0v) is 27.2. The van der Waals surface area contributed by atoms with Crippen molar-refractivity contribution in [1.29, 1.82) is 0 Å². The first-order valence-corrected chi connectivity index (χ1v) is 15.6. The third-order valence-electron chi connectivity index (χ3n) is 7.10. The fourth-order valence-corrected chi connectivity index (χ4v) is 5.43. The molecule has 3 amide bonds. The van der Waals surface area contributed by atoms with Crippen molar-refractivity contribution in [3.05, 3.63) is 35.0 Å². The molecular weight excluding hydrogens is 559 g/mol. The van der Waals surface area contributed by atoms with Gasteiger partial charge in [0, 0.05) is 25.1 Å². The van der Waals surface area contributed by atoms with Crippen LogP contribution in [0.3, 0.4) is 0 Å². The molecule has 0 bridgehead atoms. The summed E-state index contributed by atoms with van der Waals surface area (Å²) in [4.78, 5) is 45.8. The summed E-state index contributed by atoms with van der Waals surface area (Å²) in [7, 11) is 1.56. The summed E-state index contributed by atoms with van der Waals surface area (Å²) in [6.07, 6.45) is -0.564.